The average Bonchev–Trinajstić information content (AvgIpc) is 2.83. The Labute approximate surface area is 109 Å². The molecule has 0 aliphatic heterocycles. The van der Waals surface area contributed by atoms with Gasteiger partial charge in [-0.15, -0.1) is 0 Å². The summed E-state index contributed by atoms with van der Waals surface area (Å²) in [5, 5.41) is 29.4. The first kappa shape index (κ1) is 11.5. The molecule has 0 unspecified atom stereocenters. The van der Waals surface area contributed by atoms with Crippen LogP contribution in [0.5, 0.6) is 17.2 Å². The molecule has 3 aromatic rings. The molecule has 0 aliphatic rings. The maximum absolute atomic E-state index is 9.77. The third-order valence-corrected chi connectivity index (χ3v) is 3.14. The van der Waals surface area contributed by atoms with Crippen molar-refractivity contribution in [1.82, 2.24) is 0 Å². The Morgan fingerprint density at radius 1 is 0.842 bits per heavy atom. The van der Waals surface area contributed by atoms with Crippen molar-refractivity contribution in [1.29, 1.82) is 0 Å². The molecule has 0 bridgehead atoms. The monoisotopic (exact) mass is 256 g/mol. The molecule has 0 radical (unpaired) electrons. The lowest BCUT2D eigenvalue weighted by Crippen LogP contribution is -1.74. The van der Waals surface area contributed by atoms with Gasteiger partial charge in [-0.3, -0.25) is 0 Å². The summed E-state index contributed by atoms with van der Waals surface area (Å²) in [6, 6.07) is 9.64. The van der Waals surface area contributed by atoms with Crippen LogP contribution in [0.1, 0.15) is 5.56 Å². The van der Waals surface area contributed by atoms with Gasteiger partial charge in [0, 0.05) is 10.9 Å². The molecular weight excluding hydrogens is 244 g/mol. The molecule has 0 amide bonds. The van der Waals surface area contributed by atoms with E-state index >= 15 is 0 Å². The third-order valence-electron chi connectivity index (χ3n) is 3.14. The molecule has 4 heteroatoms. The second-order valence-corrected chi connectivity index (χ2v) is 4.46. The number of hydrogen-bond donors (Lipinski definition) is 3. The highest BCUT2D eigenvalue weighted by Crippen LogP contribution is 2.37. The number of fused-ring (bicyclic) bond motifs is 1. The van der Waals surface area contributed by atoms with Gasteiger partial charge in [0.25, 0.3) is 0 Å². The molecule has 3 rings (SSSR count). The van der Waals surface area contributed by atoms with Crippen LogP contribution in [0, 0.1) is 6.92 Å². The minimum Gasteiger partial charge on any atom is -0.504 e. The molecule has 3 N–H and O–H groups in total. The van der Waals surface area contributed by atoms with Gasteiger partial charge in [0.05, 0.1) is 0 Å². The zero-order valence-corrected chi connectivity index (χ0v) is 10.2. The van der Waals surface area contributed by atoms with Gasteiger partial charge in [0.1, 0.15) is 5.76 Å². The molecule has 0 atom stereocenters. The summed E-state index contributed by atoms with van der Waals surface area (Å²) in [6.07, 6.45) is 0. The van der Waals surface area contributed by atoms with Crippen molar-refractivity contribution >= 4 is 11.0 Å². The molecule has 0 aliphatic carbocycles. The van der Waals surface area contributed by atoms with Gasteiger partial charge in [-0.25, -0.2) is 0 Å². The van der Waals surface area contributed by atoms with Crippen molar-refractivity contribution < 1.29 is 19.7 Å². The lowest BCUT2D eigenvalue weighted by molar-refractivity contribution is 0.404. The predicted octanol–water partition coefficient (Wildman–Crippen LogP) is 3.53. The Hall–Kier alpha value is -2.62. The van der Waals surface area contributed by atoms with E-state index in [1.807, 2.05) is 13.0 Å². The Morgan fingerprint density at radius 3 is 2.26 bits per heavy atom. The van der Waals surface area contributed by atoms with Gasteiger partial charge in [-0.2, -0.15) is 0 Å². The van der Waals surface area contributed by atoms with Crippen LogP contribution in [0.15, 0.2) is 40.8 Å². The number of rotatable bonds is 1. The lowest BCUT2D eigenvalue weighted by atomic mass is 10.1. The molecule has 1 aromatic heterocycles. The quantitative estimate of drug-likeness (QED) is 0.582. The van der Waals surface area contributed by atoms with Gasteiger partial charge >= 0.3 is 0 Å². The highest BCUT2D eigenvalue weighted by Gasteiger charge is 2.12. The summed E-state index contributed by atoms with van der Waals surface area (Å²) >= 11 is 0. The van der Waals surface area contributed by atoms with Crippen LogP contribution in [0.3, 0.4) is 0 Å². The zero-order valence-electron chi connectivity index (χ0n) is 10.2. The van der Waals surface area contributed by atoms with E-state index in [1.165, 1.54) is 12.1 Å². The van der Waals surface area contributed by atoms with E-state index in [-0.39, 0.29) is 17.2 Å². The van der Waals surface area contributed by atoms with E-state index in [4.69, 9.17) is 4.42 Å². The minimum atomic E-state index is -0.209. The van der Waals surface area contributed by atoms with Crippen LogP contribution in [0.2, 0.25) is 0 Å². The first-order valence-electron chi connectivity index (χ1n) is 5.81. The summed E-state index contributed by atoms with van der Waals surface area (Å²) in [5.41, 5.74) is 2.04. The summed E-state index contributed by atoms with van der Waals surface area (Å²) < 4.78 is 5.62. The molecule has 4 nitrogen and oxygen atoms in total. The zero-order chi connectivity index (χ0) is 13.6. The van der Waals surface area contributed by atoms with Gasteiger partial charge in [-0.1, -0.05) is 6.07 Å². The smallest absolute Gasteiger partial charge is 0.176 e. The molecule has 2 aromatic carbocycles. The van der Waals surface area contributed by atoms with Crippen molar-refractivity contribution in [3.05, 3.63) is 42.0 Å². The summed E-state index contributed by atoms with van der Waals surface area (Å²) in [7, 11) is 0. The SMILES string of the molecule is Cc1ccc(O)c2oc(-c3ccc(O)c(O)c3)cc12. The number of phenolic OH excluding ortho intramolecular Hbond substituents is 3. The van der Waals surface area contributed by atoms with Crippen molar-refractivity contribution in [3.63, 3.8) is 0 Å². The second-order valence-electron chi connectivity index (χ2n) is 4.46. The Bertz CT molecular complexity index is 732. The maximum Gasteiger partial charge on any atom is 0.176 e. The molecule has 0 spiro atoms. The standard InChI is InChI=1S/C15H12O4/c1-8-2-4-12(17)15-10(8)7-14(19-15)9-3-5-11(16)13(18)6-9/h2-7,16-18H,1H3. The Balaban J connectivity index is 2.23. The topological polar surface area (TPSA) is 73.8 Å². The van der Waals surface area contributed by atoms with Crippen molar-refractivity contribution in [2.24, 2.45) is 0 Å². The normalized spacial score (nSPS) is 11.0. The fourth-order valence-electron chi connectivity index (χ4n) is 2.06. The number of hydrogen-bond acceptors (Lipinski definition) is 4. The van der Waals surface area contributed by atoms with Gasteiger partial charge in [0.2, 0.25) is 0 Å². The van der Waals surface area contributed by atoms with E-state index in [1.54, 1.807) is 18.2 Å². The maximum atomic E-state index is 9.77. The van der Waals surface area contributed by atoms with Gasteiger partial charge in [0.15, 0.2) is 22.8 Å². The van der Waals surface area contributed by atoms with Crippen molar-refractivity contribution in [3.8, 4) is 28.6 Å². The fraction of sp³-hybridized carbons (Fsp3) is 0.0667. The van der Waals surface area contributed by atoms with E-state index in [0.29, 0.717) is 16.9 Å². The van der Waals surface area contributed by atoms with Crippen LogP contribution in [0.4, 0.5) is 0 Å². The first-order valence-corrected chi connectivity index (χ1v) is 5.81. The molecule has 0 saturated carbocycles. The fourth-order valence-corrected chi connectivity index (χ4v) is 2.06. The third kappa shape index (κ3) is 1.78. The van der Waals surface area contributed by atoms with Crippen LogP contribution in [0.25, 0.3) is 22.3 Å². The minimum absolute atomic E-state index is 0.0786. The van der Waals surface area contributed by atoms with Gasteiger partial charge < -0.3 is 19.7 Å². The van der Waals surface area contributed by atoms with Crippen LogP contribution in [-0.2, 0) is 0 Å². The van der Waals surface area contributed by atoms with Gasteiger partial charge in [-0.05, 0) is 42.8 Å². The predicted molar refractivity (Wildman–Crippen MR) is 71.4 cm³/mol. The summed E-state index contributed by atoms with van der Waals surface area (Å²) in [4.78, 5) is 0. The van der Waals surface area contributed by atoms with Crippen molar-refractivity contribution in [2.45, 2.75) is 6.92 Å². The molecule has 19 heavy (non-hydrogen) atoms. The highest BCUT2D eigenvalue weighted by atomic mass is 16.4. The number of aromatic hydroxyl groups is 3. The largest absolute Gasteiger partial charge is 0.504 e. The molecule has 1 heterocycles. The number of phenols is 3. The molecule has 0 fully saturated rings. The number of aryl methyl sites for hydroxylation is 1. The average molecular weight is 256 g/mol. The molecule has 0 saturated heterocycles. The Kier molecular flexibility index (Phi) is 2.38. The first-order chi connectivity index (χ1) is 9.06. The molecule has 96 valence electrons. The van der Waals surface area contributed by atoms with E-state index < -0.39 is 0 Å². The molecular formula is C15H12O4. The van der Waals surface area contributed by atoms with E-state index in [9.17, 15) is 15.3 Å². The summed E-state index contributed by atoms with van der Waals surface area (Å²) in [5.74, 6) is 0.211. The van der Waals surface area contributed by atoms with Crippen LogP contribution < -0.4 is 0 Å². The lowest BCUT2D eigenvalue weighted by Gasteiger charge is -2.00. The number of benzene rings is 2. The van der Waals surface area contributed by atoms with E-state index in [2.05, 4.69) is 0 Å². The van der Waals surface area contributed by atoms with Crippen LogP contribution in [-0.4, -0.2) is 15.3 Å². The second kappa shape index (κ2) is 3.95. The number of furan rings is 1. The van der Waals surface area contributed by atoms with E-state index in [0.717, 1.165) is 10.9 Å². The summed E-state index contributed by atoms with van der Waals surface area (Å²) in [6.45, 7) is 1.93. The van der Waals surface area contributed by atoms with Crippen molar-refractivity contribution in [2.75, 3.05) is 0 Å². The van der Waals surface area contributed by atoms with Crippen LogP contribution >= 0.6 is 0 Å². The Morgan fingerprint density at radius 2 is 1.58 bits per heavy atom. The highest BCUT2D eigenvalue weighted by molar-refractivity contribution is 5.89.